The van der Waals surface area contributed by atoms with E-state index >= 15 is 0 Å². The number of fused-ring (bicyclic) bond motifs is 1. The van der Waals surface area contributed by atoms with Gasteiger partial charge in [0.15, 0.2) is 0 Å². The zero-order valence-corrected chi connectivity index (χ0v) is 20.0. The van der Waals surface area contributed by atoms with Crippen molar-refractivity contribution in [2.45, 2.75) is 45.7 Å². The molecule has 8 heteroatoms. The van der Waals surface area contributed by atoms with Crippen LogP contribution in [0.2, 0.25) is 5.02 Å². The Hall–Kier alpha value is -3.19. The van der Waals surface area contributed by atoms with Crippen LogP contribution in [0.1, 0.15) is 42.4 Å². The number of hydrogen-bond donors (Lipinski definition) is 2. The molecule has 2 fully saturated rings. The first-order valence-corrected chi connectivity index (χ1v) is 12.2. The minimum absolute atomic E-state index is 0.141. The van der Waals surface area contributed by atoms with Crippen molar-refractivity contribution in [3.05, 3.63) is 65.2 Å². The number of benzene rings is 1. The van der Waals surface area contributed by atoms with E-state index in [0.717, 1.165) is 29.7 Å². The first-order chi connectivity index (χ1) is 16.4. The molecular weight excluding hydrogens is 450 g/mol. The molecule has 7 nitrogen and oxygen atoms in total. The molecule has 3 aromatic rings. The number of aromatic nitrogens is 3. The third-order valence-electron chi connectivity index (χ3n) is 7.10. The first-order valence-electron chi connectivity index (χ1n) is 11.8. The second-order valence-corrected chi connectivity index (χ2v) is 9.70. The molecule has 0 aliphatic heterocycles. The summed E-state index contributed by atoms with van der Waals surface area (Å²) in [5.74, 6) is 1.08. The molecule has 2 aliphatic rings. The van der Waals surface area contributed by atoms with Crippen LogP contribution in [-0.2, 0) is 11.3 Å². The zero-order valence-electron chi connectivity index (χ0n) is 19.3. The Kier molecular flexibility index (Phi) is 6.13. The Morgan fingerprint density at radius 3 is 2.50 bits per heavy atom. The second-order valence-electron chi connectivity index (χ2n) is 9.29. The number of amides is 2. The van der Waals surface area contributed by atoms with Crippen molar-refractivity contribution in [3.8, 4) is 11.1 Å². The van der Waals surface area contributed by atoms with Gasteiger partial charge in [0.05, 0.1) is 5.02 Å². The molecule has 5 rings (SSSR count). The third-order valence-corrected chi connectivity index (χ3v) is 7.41. The Balaban J connectivity index is 1.33. The summed E-state index contributed by atoms with van der Waals surface area (Å²) < 4.78 is 1.64. The molecule has 2 saturated carbocycles. The van der Waals surface area contributed by atoms with E-state index in [0.29, 0.717) is 34.8 Å². The van der Waals surface area contributed by atoms with Gasteiger partial charge >= 0.3 is 0 Å². The van der Waals surface area contributed by atoms with Crippen LogP contribution in [-0.4, -0.2) is 32.6 Å². The summed E-state index contributed by atoms with van der Waals surface area (Å²) in [6, 6.07) is 10.4. The molecule has 2 aliphatic carbocycles. The zero-order chi connectivity index (χ0) is 23.8. The number of aryl methyl sites for hydroxylation is 2. The molecule has 2 N–H and O–H groups in total. The van der Waals surface area contributed by atoms with Gasteiger partial charge in [0.2, 0.25) is 5.91 Å². The summed E-state index contributed by atoms with van der Waals surface area (Å²) in [4.78, 5) is 30.7. The van der Waals surface area contributed by atoms with E-state index in [9.17, 15) is 9.59 Å². The molecule has 2 heterocycles. The summed E-state index contributed by atoms with van der Waals surface area (Å²) in [7, 11) is 0. The molecule has 176 valence electrons. The summed E-state index contributed by atoms with van der Waals surface area (Å²) in [6.45, 7) is 4.44. The van der Waals surface area contributed by atoms with E-state index in [2.05, 4.69) is 20.7 Å². The molecule has 34 heavy (non-hydrogen) atoms. The van der Waals surface area contributed by atoms with Crippen LogP contribution >= 0.6 is 11.6 Å². The molecule has 0 radical (unpaired) electrons. The Bertz CT molecular complexity index is 1190. The van der Waals surface area contributed by atoms with Crippen LogP contribution in [0.3, 0.4) is 0 Å². The largest absolute Gasteiger partial charge is 0.339 e. The standard InChI is InChI=1S/C26H28ClN5O2/c1-3-32-22(9-11-29-32)25(33)31-24(19-13-17-12-18(17)14-19)26(34)30-20-6-4-16(5-7-20)23-15(2)28-10-8-21(23)27/h4-11,17-19,24H,3,12-14H2,1-2H3,(H,30,34)(H,31,33)/t17-,18+,19-,24-/m1/s1. The highest BCUT2D eigenvalue weighted by atomic mass is 35.5. The number of halogens is 1. The summed E-state index contributed by atoms with van der Waals surface area (Å²) in [6.07, 6.45) is 6.50. The number of nitrogens with one attached hydrogen (secondary N) is 2. The molecular formula is C26H28ClN5O2. The van der Waals surface area contributed by atoms with Crippen LogP contribution in [0, 0.1) is 24.7 Å². The average Bonchev–Trinajstić information content (AvgIpc) is 3.21. The lowest BCUT2D eigenvalue weighted by Gasteiger charge is -2.25. The molecule has 1 aromatic carbocycles. The number of carbonyl (C=O) groups excluding carboxylic acids is 2. The lowest BCUT2D eigenvalue weighted by Crippen LogP contribution is -2.48. The van der Waals surface area contributed by atoms with Crippen LogP contribution in [0.15, 0.2) is 48.8 Å². The number of rotatable bonds is 7. The van der Waals surface area contributed by atoms with Crippen LogP contribution < -0.4 is 10.6 Å². The van der Waals surface area contributed by atoms with Gasteiger partial charge in [0, 0.05) is 35.9 Å². The van der Waals surface area contributed by atoms with Crippen molar-refractivity contribution in [2.75, 3.05) is 5.32 Å². The Morgan fingerprint density at radius 1 is 1.09 bits per heavy atom. The van der Waals surface area contributed by atoms with Crippen molar-refractivity contribution in [2.24, 2.45) is 17.8 Å². The summed E-state index contributed by atoms with van der Waals surface area (Å²) in [5.41, 5.74) is 3.80. The van der Waals surface area contributed by atoms with Crippen molar-refractivity contribution in [1.29, 1.82) is 0 Å². The highest BCUT2D eigenvalue weighted by Crippen LogP contribution is 2.55. The highest BCUT2D eigenvalue weighted by molar-refractivity contribution is 6.33. The fraction of sp³-hybridized carbons (Fsp3) is 0.385. The first kappa shape index (κ1) is 22.6. The second kappa shape index (κ2) is 9.22. The molecule has 0 saturated heterocycles. The van der Waals surface area contributed by atoms with Gasteiger partial charge in [-0.3, -0.25) is 19.3 Å². The Labute approximate surface area is 203 Å². The molecule has 0 unspecified atom stereocenters. The van der Waals surface area contributed by atoms with Crippen molar-refractivity contribution >= 4 is 29.1 Å². The maximum absolute atomic E-state index is 13.4. The molecule has 4 atom stereocenters. The smallest absolute Gasteiger partial charge is 0.270 e. The minimum atomic E-state index is -0.588. The highest BCUT2D eigenvalue weighted by Gasteiger charge is 2.49. The SMILES string of the molecule is CCn1nccc1C(=O)N[C@@H](C(=O)Nc1ccc(-c2c(Cl)ccnc2C)cc1)[C@@H]1C[C@H]2C[C@H]2C1. The van der Waals surface area contributed by atoms with E-state index in [1.807, 2.05) is 38.1 Å². The summed E-state index contributed by atoms with van der Waals surface area (Å²) >= 11 is 6.37. The maximum Gasteiger partial charge on any atom is 0.270 e. The predicted molar refractivity (Wildman–Crippen MR) is 132 cm³/mol. The topological polar surface area (TPSA) is 88.9 Å². The molecule has 2 amide bonds. The fourth-order valence-electron chi connectivity index (χ4n) is 5.25. The summed E-state index contributed by atoms with van der Waals surface area (Å²) in [5, 5.41) is 10.8. The van der Waals surface area contributed by atoms with Crippen molar-refractivity contribution < 1.29 is 9.59 Å². The Morgan fingerprint density at radius 2 is 1.82 bits per heavy atom. The number of pyridine rings is 1. The molecule has 0 bridgehead atoms. The number of anilines is 1. The predicted octanol–water partition coefficient (Wildman–Crippen LogP) is 4.71. The fourth-order valence-corrected chi connectivity index (χ4v) is 5.55. The van der Waals surface area contributed by atoms with Gasteiger partial charge in [-0.1, -0.05) is 23.7 Å². The van der Waals surface area contributed by atoms with E-state index in [4.69, 9.17) is 11.6 Å². The van der Waals surface area contributed by atoms with Crippen LogP contribution in [0.5, 0.6) is 0 Å². The van der Waals surface area contributed by atoms with E-state index in [-0.39, 0.29) is 17.7 Å². The van der Waals surface area contributed by atoms with Gasteiger partial charge in [0.1, 0.15) is 11.7 Å². The number of hydrogen-bond acceptors (Lipinski definition) is 4. The van der Waals surface area contributed by atoms with Crippen LogP contribution in [0.4, 0.5) is 5.69 Å². The van der Waals surface area contributed by atoms with Gasteiger partial charge in [-0.2, -0.15) is 5.10 Å². The minimum Gasteiger partial charge on any atom is -0.339 e. The van der Waals surface area contributed by atoms with E-state index in [1.165, 1.54) is 6.42 Å². The number of carbonyl (C=O) groups is 2. The van der Waals surface area contributed by atoms with Crippen molar-refractivity contribution in [1.82, 2.24) is 20.1 Å². The molecule has 0 spiro atoms. The normalized spacial score (nSPS) is 21.6. The van der Waals surface area contributed by atoms with E-state index < -0.39 is 6.04 Å². The van der Waals surface area contributed by atoms with Gasteiger partial charge in [-0.25, -0.2) is 0 Å². The van der Waals surface area contributed by atoms with Gasteiger partial charge in [0.25, 0.3) is 5.91 Å². The monoisotopic (exact) mass is 477 g/mol. The van der Waals surface area contributed by atoms with Crippen LogP contribution in [0.25, 0.3) is 11.1 Å². The maximum atomic E-state index is 13.4. The van der Waals surface area contributed by atoms with Gasteiger partial charge < -0.3 is 10.6 Å². The lowest BCUT2D eigenvalue weighted by molar-refractivity contribution is -0.119. The average molecular weight is 478 g/mol. The quantitative estimate of drug-likeness (QED) is 0.515. The lowest BCUT2D eigenvalue weighted by atomic mass is 9.93. The van der Waals surface area contributed by atoms with Gasteiger partial charge in [-0.05, 0) is 80.7 Å². The van der Waals surface area contributed by atoms with Gasteiger partial charge in [-0.15, -0.1) is 0 Å². The number of nitrogens with zero attached hydrogens (tertiary/aromatic N) is 3. The van der Waals surface area contributed by atoms with Crippen molar-refractivity contribution in [3.63, 3.8) is 0 Å². The van der Waals surface area contributed by atoms with E-state index in [1.54, 1.807) is 29.2 Å². The molecule has 2 aromatic heterocycles. The third kappa shape index (κ3) is 4.44.